The number of nitrogens with one attached hydrogen (secondary N) is 1. The summed E-state index contributed by atoms with van der Waals surface area (Å²) in [6, 6.07) is 10.3. The van der Waals surface area contributed by atoms with Crippen molar-refractivity contribution < 1.29 is 4.79 Å². The van der Waals surface area contributed by atoms with E-state index in [0.717, 1.165) is 0 Å². The number of carbonyl (C=O) groups is 1. The predicted molar refractivity (Wildman–Crippen MR) is 96.3 cm³/mol. The number of fused-ring (bicyclic) bond motifs is 1. The predicted octanol–water partition coefficient (Wildman–Crippen LogP) is 2.79. The van der Waals surface area contributed by atoms with E-state index in [-0.39, 0.29) is 11.9 Å². The Balaban J connectivity index is 1.39. The zero-order valence-electron chi connectivity index (χ0n) is 13.9. The van der Waals surface area contributed by atoms with Gasteiger partial charge in [0.2, 0.25) is 11.1 Å². The second-order valence-corrected chi connectivity index (χ2v) is 7.28. The number of carbonyl (C=O) groups excluding carboxylic acids is 1. The van der Waals surface area contributed by atoms with Crippen LogP contribution in [0.15, 0.2) is 47.9 Å². The van der Waals surface area contributed by atoms with Crippen molar-refractivity contribution in [2.45, 2.75) is 31.0 Å². The Kier molecular flexibility index (Phi) is 4.40. The molecule has 2 heterocycles. The summed E-state index contributed by atoms with van der Waals surface area (Å²) in [7, 11) is 0. The van der Waals surface area contributed by atoms with Gasteiger partial charge in [-0.2, -0.15) is 4.98 Å². The number of benzene rings is 1. The van der Waals surface area contributed by atoms with Crippen LogP contribution in [0.4, 0.5) is 0 Å². The van der Waals surface area contributed by atoms with Gasteiger partial charge >= 0.3 is 0 Å². The molecule has 1 aliphatic carbocycles. The van der Waals surface area contributed by atoms with Gasteiger partial charge in [0.1, 0.15) is 0 Å². The van der Waals surface area contributed by atoms with E-state index in [0.29, 0.717) is 22.6 Å². The molecule has 1 aromatic carbocycles. The van der Waals surface area contributed by atoms with E-state index in [1.54, 1.807) is 23.0 Å². The lowest BCUT2D eigenvalue weighted by molar-refractivity contribution is -0.119. The van der Waals surface area contributed by atoms with Crippen LogP contribution in [0.25, 0.3) is 5.78 Å². The molecule has 2 aromatic heterocycles. The van der Waals surface area contributed by atoms with Gasteiger partial charge in [0.25, 0.3) is 5.78 Å². The third-order valence-electron chi connectivity index (χ3n) is 4.28. The smallest absolute Gasteiger partial charge is 0.253 e. The van der Waals surface area contributed by atoms with Crippen LogP contribution in [0.2, 0.25) is 0 Å². The monoisotopic (exact) mass is 353 g/mol. The van der Waals surface area contributed by atoms with Crippen molar-refractivity contribution in [3.8, 4) is 0 Å². The number of aryl methyl sites for hydroxylation is 1. The lowest BCUT2D eigenvalue weighted by Crippen LogP contribution is -2.31. The van der Waals surface area contributed by atoms with Gasteiger partial charge in [-0.15, -0.1) is 5.10 Å². The molecule has 1 N–H and O–H groups in total. The van der Waals surface area contributed by atoms with E-state index >= 15 is 0 Å². The molecule has 0 radical (unpaired) electrons. The molecular formula is C18H19N5OS. The van der Waals surface area contributed by atoms with Crippen LogP contribution >= 0.6 is 11.8 Å². The van der Waals surface area contributed by atoms with E-state index < -0.39 is 0 Å². The Labute approximate surface area is 150 Å². The SMILES string of the molecule is Cc1ccc(C(NC(=O)CSc2nc3ncccn3n2)C2CC2)cc1. The average molecular weight is 353 g/mol. The van der Waals surface area contributed by atoms with Gasteiger partial charge < -0.3 is 5.32 Å². The minimum Gasteiger partial charge on any atom is -0.348 e. The lowest BCUT2D eigenvalue weighted by Gasteiger charge is -2.18. The lowest BCUT2D eigenvalue weighted by atomic mass is 10.0. The van der Waals surface area contributed by atoms with Crippen molar-refractivity contribution in [3.05, 3.63) is 53.9 Å². The molecule has 6 nitrogen and oxygen atoms in total. The highest BCUT2D eigenvalue weighted by Crippen LogP contribution is 2.41. The fourth-order valence-electron chi connectivity index (χ4n) is 2.80. The summed E-state index contributed by atoms with van der Waals surface area (Å²) >= 11 is 1.33. The van der Waals surface area contributed by atoms with Gasteiger partial charge in [-0.25, -0.2) is 9.50 Å². The third kappa shape index (κ3) is 3.82. The zero-order chi connectivity index (χ0) is 17.2. The van der Waals surface area contributed by atoms with Crippen molar-refractivity contribution in [2.24, 2.45) is 5.92 Å². The highest BCUT2D eigenvalue weighted by Gasteiger charge is 2.33. The first-order chi connectivity index (χ1) is 12.2. The Morgan fingerprint density at radius 1 is 1.36 bits per heavy atom. The Hall–Kier alpha value is -2.41. The van der Waals surface area contributed by atoms with Gasteiger partial charge in [-0.1, -0.05) is 41.6 Å². The number of thioether (sulfide) groups is 1. The van der Waals surface area contributed by atoms with E-state index in [1.165, 1.54) is 35.7 Å². The first kappa shape index (κ1) is 16.1. The molecular weight excluding hydrogens is 334 g/mol. The molecule has 7 heteroatoms. The van der Waals surface area contributed by atoms with Crippen LogP contribution in [0.5, 0.6) is 0 Å². The second kappa shape index (κ2) is 6.84. The number of rotatable bonds is 6. The fourth-order valence-corrected chi connectivity index (χ4v) is 3.43. The molecule has 1 aliphatic rings. The molecule has 0 bridgehead atoms. The maximum atomic E-state index is 12.4. The Bertz CT molecular complexity index is 855. The largest absolute Gasteiger partial charge is 0.348 e. The maximum Gasteiger partial charge on any atom is 0.253 e. The number of nitrogens with zero attached hydrogens (tertiary/aromatic N) is 4. The summed E-state index contributed by atoms with van der Waals surface area (Å²) in [6.45, 7) is 2.07. The van der Waals surface area contributed by atoms with Crippen molar-refractivity contribution >= 4 is 23.4 Å². The van der Waals surface area contributed by atoms with Gasteiger partial charge in [0.05, 0.1) is 11.8 Å². The molecule has 0 saturated heterocycles. The topological polar surface area (TPSA) is 72.2 Å². The number of aromatic nitrogens is 4. The van der Waals surface area contributed by atoms with Crippen LogP contribution in [0, 0.1) is 12.8 Å². The summed E-state index contributed by atoms with van der Waals surface area (Å²) in [6.07, 6.45) is 5.81. The Morgan fingerprint density at radius 2 is 2.16 bits per heavy atom. The van der Waals surface area contributed by atoms with Gasteiger partial charge in [0.15, 0.2) is 0 Å². The highest BCUT2D eigenvalue weighted by molar-refractivity contribution is 7.99. The Morgan fingerprint density at radius 3 is 2.88 bits per heavy atom. The van der Waals surface area contributed by atoms with E-state index in [2.05, 4.69) is 51.6 Å². The van der Waals surface area contributed by atoms with Gasteiger partial charge in [-0.05, 0) is 37.3 Å². The van der Waals surface area contributed by atoms with Crippen LogP contribution in [-0.2, 0) is 4.79 Å². The minimum absolute atomic E-state index is 0.00860. The van der Waals surface area contributed by atoms with Crippen LogP contribution in [0.3, 0.4) is 0 Å². The molecule has 128 valence electrons. The van der Waals surface area contributed by atoms with E-state index in [9.17, 15) is 4.79 Å². The minimum atomic E-state index is 0.00860. The first-order valence-corrected chi connectivity index (χ1v) is 9.34. The molecule has 3 aromatic rings. The number of amides is 1. The zero-order valence-corrected chi connectivity index (χ0v) is 14.7. The van der Waals surface area contributed by atoms with Crippen molar-refractivity contribution in [2.75, 3.05) is 5.75 Å². The number of hydrogen-bond acceptors (Lipinski definition) is 5. The van der Waals surface area contributed by atoms with Crippen molar-refractivity contribution in [3.63, 3.8) is 0 Å². The standard InChI is InChI=1S/C18H19N5OS/c1-12-3-5-13(6-4-12)16(14-7-8-14)20-15(24)11-25-18-21-17-19-9-2-10-23(17)22-18/h2-6,9-10,14,16H,7-8,11H2,1H3,(H,20,24). The molecule has 1 amide bonds. The van der Waals surface area contributed by atoms with E-state index in [4.69, 9.17) is 0 Å². The van der Waals surface area contributed by atoms with Crippen LogP contribution < -0.4 is 5.32 Å². The molecule has 0 spiro atoms. The van der Waals surface area contributed by atoms with Gasteiger partial charge in [0, 0.05) is 12.4 Å². The molecule has 4 rings (SSSR count). The molecule has 1 atom stereocenters. The van der Waals surface area contributed by atoms with Crippen molar-refractivity contribution in [1.29, 1.82) is 0 Å². The molecule has 0 aliphatic heterocycles. The molecule has 1 unspecified atom stereocenters. The summed E-state index contributed by atoms with van der Waals surface area (Å²) in [5.41, 5.74) is 2.41. The quantitative estimate of drug-likeness (QED) is 0.690. The molecule has 25 heavy (non-hydrogen) atoms. The fraction of sp³-hybridized carbons (Fsp3) is 0.333. The molecule has 1 fully saturated rings. The van der Waals surface area contributed by atoms with Gasteiger partial charge in [-0.3, -0.25) is 4.79 Å². The molecule has 1 saturated carbocycles. The first-order valence-electron chi connectivity index (χ1n) is 8.35. The third-order valence-corrected chi connectivity index (χ3v) is 5.11. The normalized spacial score (nSPS) is 15.2. The number of hydrogen-bond donors (Lipinski definition) is 1. The van der Waals surface area contributed by atoms with Crippen LogP contribution in [0.1, 0.15) is 30.0 Å². The average Bonchev–Trinajstić information content (AvgIpc) is 3.37. The highest BCUT2D eigenvalue weighted by atomic mass is 32.2. The summed E-state index contributed by atoms with van der Waals surface area (Å²) in [4.78, 5) is 20.8. The van der Waals surface area contributed by atoms with E-state index in [1.807, 2.05) is 0 Å². The summed E-state index contributed by atoms with van der Waals surface area (Å²) in [5.74, 6) is 1.40. The summed E-state index contributed by atoms with van der Waals surface area (Å²) in [5, 5.41) is 8.05. The second-order valence-electron chi connectivity index (χ2n) is 6.34. The maximum absolute atomic E-state index is 12.4. The van der Waals surface area contributed by atoms with Crippen LogP contribution in [-0.4, -0.2) is 31.2 Å². The summed E-state index contributed by atoms with van der Waals surface area (Å²) < 4.78 is 1.61. The van der Waals surface area contributed by atoms with Crippen molar-refractivity contribution in [1.82, 2.24) is 24.9 Å².